The van der Waals surface area contributed by atoms with Crippen molar-refractivity contribution in [2.45, 2.75) is 134 Å². The van der Waals surface area contributed by atoms with Gasteiger partial charge in [-0.05, 0) is 114 Å². The van der Waals surface area contributed by atoms with Gasteiger partial charge in [-0.1, -0.05) is 99.6 Å². The number of piperidine rings is 1. The van der Waals surface area contributed by atoms with Gasteiger partial charge in [0.1, 0.15) is 0 Å². The third kappa shape index (κ3) is 35.7. The fourth-order valence-corrected chi connectivity index (χ4v) is 5.20. The summed E-state index contributed by atoms with van der Waals surface area (Å²) in [6.07, 6.45) is 30.2. The molecule has 0 radical (unpaired) electrons. The first kappa shape index (κ1) is 54.6. The number of thioether (sulfide) groups is 1. The average Bonchev–Trinajstić information content (AvgIpc) is 3.56. The highest BCUT2D eigenvalue weighted by Crippen LogP contribution is 2.37. The third-order valence-corrected chi connectivity index (χ3v) is 8.05. The number of nitrogens with zero attached hydrogens (tertiary/aromatic N) is 1. The fraction of sp³-hybridized carbons (Fsp3) is 0.725. The maximum absolute atomic E-state index is 10.3. The summed E-state index contributed by atoms with van der Waals surface area (Å²) in [4.78, 5) is 12.4. The van der Waals surface area contributed by atoms with Crippen LogP contribution in [0.3, 0.4) is 0 Å². The fourth-order valence-electron chi connectivity index (χ4n) is 4.71. The molecule has 1 saturated heterocycles. The molecule has 6 heterocycles. The zero-order valence-electron chi connectivity index (χ0n) is 34.6. The third-order valence-electron chi connectivity index (χ3n) is 7.29. The number of hydrogen-bond donors (Lipinski definition) is 6. The number of rotatable bonds is 1. The van der Waals surface area contributed by atoms with E-state index >= 15 is 0 Å². The molecule has 6 rings (SSSR count). The predicted octanol–water partition coefficient (Wildman–Crippen LogP) is 8.83. The normalized spacial score (nSPS) is 18.4. The topological polar surface area (TPSA) is 101 Å². The van der Waals surface area contributed by atoms with Gasteiger partial charge in [-0.15, -0.1) is 11.8 Å². The van der Waals surface area contributed by atoms with Crippen LogP contribution >= 0.6 is 11.8 Å². The number of allylic oxidation sites excluding steroid dienone is 3. The van der Waals surface area contributed by atoms with Crippen LogP contribution < -0.4 is 26.6 Å². The molecule has 1 fully saturated rings. The van der Waals surface area contributed by atoms with Crippen LogP contribution in [0.15, 0.2) is 60.6 Å². The lowest BCUT2D eigenvalue weighted by molar-refractivity contribution is -0.117. The van der Waals surface area contributed by atoms with Crippen LogP contribution in [0.1, 0.15) is 127 Å². The zero-order valence-corrected chi connectivity index (χ0v) is 35.4. The van der Waals surface area contributed by atoms with Gasteiger partial charge in [0.25, 0.3) is 0 Å². The molecule has 6 aliphatic rings. The summed E-state index contributed by atoms with van der Waals surface area (Å²) in [6.45, 7) is 29.6. The number of carbonyl (C=O) groups is 1. The summed E-state index contributed by atoms with van der Waals surface area (Å²) in [6, 6.07) is 0. The van der Waals surface area contributed by atoms with Crippen molar-refractivity contribution in [3.05, 3.63) is 60.6 Å². The van der Waals surface area contributed by atoms with Crippen LogP contribution in [0.4, 0.5) is 0 Å². The summed E-state index contributed by atoms with van der Waals surface area (Å²) in [7, 11) is -0.280. The minimum absolute atomic E-state index is 0.0903. The van der Waals surface area contributed by atoms with Gasteiger partial charge >= 0.3 is 7.05 Å². The molecular weight excluding hydrogens is 639 g/mol. The second kappa shape index (κ2) is 46.9. The molecule has 6 aliphatic heterocycles. The molecule has 0 aromatic rings. The lowest BCUT2D eigenvalue weighted by atomic mass is 9.71. The Morgan fingerprint density at radius 1 is 0.680 bits per heavy atom. The van der Waals surface area contributed by atoms with Crippen LogP contribution in [0, 0.1) is 5.41 Å². The van der Waals surface area contributed by atoms with Crippen LogP contribution in [-0.2, 0) is 4.79 Å². The minimum atomic E-state index is -0.280. The van der Waals surface area contributed by atoms with Gasteiger partial charge in [-0.3, -0.25) is 4.79 Å². The highest BCUT2D eigenvalue weighted by molar-refractivity contribution is 8.02. The number of carbonyl (C=O) groups excluding carboxylic acids is 1. The number of hydrogen-bond acceptors (Lipinski definition) is 8. The van der Waals surface area contributed by atoms with E-state index in [-0.39, 0.29) is 13.0 Å². The van der Waals surface area contributed by atoms with Crippen molar-refractivity contribution in [1.82, 2.24) is 31.4 Å². The molecule has 294 valence electrons. The van der Waals surface area contributed by atoms with Gasteiger partial charge in [-0.2, -0.15) is 0 Å². The van der Waals surface area contributed by atoms with E-state index in [0.717, 1.165) is 45.8 Å². The standard InChI is InChI=1S/C10H19BN2O.C6H11N.2C5H9N.C4H5NOS.5C2H6/c1-11(14)13-8-4-10(5-9-13)2-6-12-7-3-10;1-2-4-6-7-5-3-1;2*1-2-4-6-5-3-1;6-4-3-7-2-1-5-4;5*1-2/h2,6,12,14H,3-5,7-9H2,1H3;3,5,7H,1-2,4,6H2;2,4,6H,1,3,5H2;1-2,6H,3-5H2;1-2H,3H2,(H,5,6);5*1-2H3. The quantitative estimate of drug-likeness (QED) is 0.118. The van der Waals surface area contributed by atoms with E-state index in [1.54, 1.807) is 6.20 Å². The highest BCUT2D eigenvalue weighted by atomic mass is 32.2. The van der Waals surface area contributed by atoms with E-state index in [1.807, 2.05) is 93.9 Å². The van der Waals surface area contributed by atoms with E-state index in [9.17, 15) is 9.82 Å². The highest BCUT2D eigenvalue weighted by Gasteiger charge is 2.34. The van der Waals surface area contributed by atoms with Gasteiger partial charge < -0.3 is 36.4 Å². The summed E-state index contributed by atoms with van der Waals surface area (Å²) < 4.78 is 0. The van der Waals surface area contributed by atoms with Crippen molar-refractivity contribution in [2.75, 3.05) is 51.6 Å². The lowest BCUT2D eigenvalue weighted by Gasteiger charge is -2.42. The van der Waals surface area contributed by atoms with Crippen molar-refractivity contribution in [2.24, 2.45) is 5.41 Å². The minimum Gasteiger partial charge on any atom is -0.437 e. The van der Waals surface area contributed by atoms with E-state index in [2.05, 4.69) is 68.0 Å². The van der Waals surface area contributed by atoms with Crippen LogP contribution in [0.5, 0.6) is 0 Å². The SMILES string of the molecule is C1=CCNCC1.C1=CNCCC1.C1=CNCCCC1.CB(O)N1CCC2(C=CNCC2)CC1.CC.CC.CC.CC.CC.O=C1CSC=CN1. The van der Waals surface area contributed by atoms with Crippen molar-refractivity contribution < 1.29 is 9.82 Å². The van der Waals surface area contributed by atoms with Gasteiger partial charge in [0, 0.05) is 32.4 Å². The first-order valence-corrected chi connectivity index (χ1v) is 21.2. The van der Waals surface area contributed by atoms with Crippen LogP contribution in [-0.4, -0.2) is 74.4 Å². The first-order valence-electron chi connectivity index (χ1n) is 20.1. The second-order valence-corrected chi connectivity index (χ2v) is 11.5. The zero-order chi connectivity index (χ0) is 38.6. The number of amides is 1. The van der Waals surface area contributed by atoms with Crippen molar-refractivity contribution in [3.8, 4) is 0 Å². The number of nitrogens with one attached hydrogen (secondary N) is 5. The van der Waals surface area contributed by atoms with Gasteiger partial charge in [0.05, 0.1) is 5.75 Å². The van der Waals surface area contributed by atoms with Gasteiger partial charge in [0.15, 0.2) is 0 Å². The molecule has 0 aromatic heterocycles. The van der Waals surface area contributed by atoms with Crippen LogP contribution in [0.25, 0.3) is 0 Å². The van der Waals surface area contributed by atoms with Gasteiger partial charge in [-0.25, -0.2) is 0 Å². The summed E-state index contributed by atoms with van der Waals surface area (Å²) in [5.41, 5.74) is 0.427. The Bertz CT molecular complexity index is 772. The molecule has 50 heavy (non-hydrogen) atoms. The Balaban J connectivity index is -0.000000257. The van der Waals surface area contributed by atoms with Crippen molar-refractivity contribution >= 4 is 24.7 Å². The van der Waals surface area contributed by atoms with Gasteiger partial charge in [0.2, 0.25) is 5.91 Å². The Labute approximate surface area is 316 Å². The molecule has 6 N–H and O–H groups in total. The molecule has 0 unspecified atom stereocenters. The van der Waals surface area contributed by atoms with E-state index in [0.29, 0.717) is 11.2 Å². The Morgan fingerprint density at radius 2 is 1.26 bits per heavy atom. The second-order valence-electron chi connectivity index (χ2n) is 10.6. The molecule has 0 aromatic carbocycles. The molecule has 0 saturated carbocycles. The molecule has 1 spiro atoms. The molecule has 8 nitrogen and oxygen atoms in total. The monoisotopic (exact) mass is 723 g/mol. The molecule has 10 heteroatoms. The maximum Gasteiger partial charge on any atom is 0.376 e. The Hall–Kier alpha value is -2.14. The molecule has 0 atom stereocenters. The van der Waals surface area contributed by atoms with Crippen LogP contribution in [0.2, 0.25) is 6.82 Å². The van der Waals surface area contributed by atoms with Crippen molar-refractivity contribution in [3.63, 3.8) is 0 Å². The Kier molecular flexibility index (Phi) is 51.2. The molecule has 0 bridgehead atoms. The molecule has 0 aliphatic carbocycles. The molecular formula is C40H83BN6O2S. The van der Waals surface area contributed by atoms with Crippen molar-refractivity contribution in [1.29, 1.82) is 0 Å². The lowest BCUT2D eigenvalue weighted by Crippen LogP contribution is -2.47. The average molecular weight is 723 g/mol. The molecule has 1 amide bonds. The van der Waals surface area contributed by atoms with E-state index < -0.39 is 0 Å². The largest absolute Gasteiger partial charge is 0.437 e. The smallest absolute Gasteiger partial charge is 0.376 e. The summed E-state index contributed by atoms with van der Waals surface area (Å²) in [5.74, 6) is 0.656. The maximum atomic E-state index is 10.3. The van der Waals surface area contributed by atoms with E-state index in [1.165, 1.54) is 69.5 Å². The first-order chi connectivity index (χ1) is 24.6. The summed E-state index contributed by atoms with van der Waals surface area (Å²) in [5, 5.41) is 26.6. The predicted molar refractivity (Wildman–Crippen MR) is 229 cm³/mol. The van der Waals surface area contributed by atoms with E-state index in [4.69, 9.17) is 0 Å². The summed E-state index contributed by atoms with van der Waals surface area (Å²) >= 11 is 1.51. The Morgan fingerprint density at radius 3 is 1.60 bits per heavy atom.